The lowest BCUT2D eigenvalue weighted by atomic mass is 10.3. The summed E-state index contributed by atoms with van der Waals surface area (Å²) in [4.78, 5) is 9.38. The first kappa shape index (κ1) is 15.3. The summed E-state index contributed by atoms with van der Waals surface area (Å²) in [7, 11) is 2.17. The Morgan fingerprint density at radius 3 is 2.82 bits per heavy atom. The summed E-state index contributed by atoms with van der Waals surface area (Å²) in [5.74, 6) is 3.19. The van der Waals surface area contributed by atoms with Crippen LogP contribution in [0.5, 0.6) is 0 Å². The van der Waals surface area contributed by atoms with E-state index in [1.54, 1.807) is 0 Å². The second-order valence-electron chi connectivity index (χ2n) is 6.55. The molecule has 0 spiro atoms. The zero-order chi connectivity index (χ0) is 15.7. The van der Waals surface area contributed by atoms with Crippen molar-refractivity contribution in [3.8, 4) is 0 Å². The molecule has 0 unspecified atom stereocenters. The quantitative estimate of drug-likeness (QED) is 0.851. The molecular weight excluding hydrogens is 276 g/mol. The molecule has 120 valence electrons. The number of furan rings is 1. The summed E-state index contributed by atoms with van der Waals surface area (Å²) in [6, 6.07) is 4.65. The second kappa shape index (κ2) is 6.26. The molecule has 0 saturated carbocycles. The molecule has 0 radical (unpaired) electrons. The Bertz CT molecular complexity index is 628. The van der Waals surface area contributed by atoms with Crippen molar-refractivity contribution in [2.75, 3.05) is 13.6 Å². The van der Waals surface area contributed by atoms with E-state index in [-0.39, 0.29) is 0 Å². The van der Waals surface area contributed by atoms with Gasteiger partial charge in [0.2, 0.25) is 0 Å². The molecule has 1 aliphatic rings. The monoisotopic (exact) mass is 302 g/mol. The Balaban J connectivity index is 1.65. The maximum atomic E-state index is 5.68. The highest BCUT2D eigenvalue weighted by atomic mass is 16.3. The summed E-state index contributed by atoms with van der Waals surface area (Å²) in [6.45, 7) is 11.2. The lowest BCUT2D eigenvalue weighted by Crippen LogP contribution is -2.35. The van der Waals surface area contributed by atoms with Gasteiger partial charge in [0.1, 0.15) is 17.3 Å². The number of aromatic nitrogens is 2. The van der Waals surface area contributed by atoms with E-state index in [0.29, 0.717) is 6.04 Å². The van der Waals surface area contributed by atoms with E-state index in [0.717, 1.165) is 44.2 Å². The number of fused-ring (bicyclic) bond motifs is 1. The SMILES string of the molecule is Cc1ccc(CN2CCn3c(CN(C)C(C)C)cnc3C2)o1. The van der Waals surface area contributed by atoms with Crippen LogP contribution in [0.3, 0.4) is 0 Å². The number of imidazole rings is 1. The molecule has 3 rings (SSSR count). The molecular formula is C17H26N4O. The second-order valence-corrected chi connectivity index (χ2v) is 6.55. The highest BCUT2D eigenvalue weighted by Crippen LogP contribution is 2.18. The van der Waals surface area contributed by atoms with Crippen molar-refractivity contribution in [1.82, 2.24) is 19.4 Å². The van der Waals surface area contributed by atoms with Gasteiger partial charge in [0.05, 0.1) is 18.8 Å². The largest absolute Gasteiger partial charge is 0.465 e. The molecule has 2 aromatic heterocycles. The molecule has 0 aliphatic carbocycles. The lowest BCUT2D eigenvalue weighted by Gasteiger charge is -2.29. The number of aryl methyl sites for hydroxylation is 1. The molecule has 3 heterocycles. The van der Waals surface area contributed by atoms with E-state index < -0.39 is 0 Å². The number of hydrogen-bond donors (Lipinski definition) is 0. The summed E-state index contributed by atoms with van der Waals surface area (Å²) in [5.41, 5.74) is 1.32. The fraction of sp³-hybridized carbons (Fsp3) is 0.588. The molecule has 5 heteroatoms. The Hall–Kier alpha value is -1.59. The van der Waals surface area contributed by atoms with Gasteiger partial charge in [-0.25, -0.2) is 4.98 Å². The van der Waals surface area contributed by atoms with E-state index in [1.807, 2.05) is 19.2 Å². The van der Waals surface area contributed by atoms with Crippen LogP contribution in [0, 0.1) is 6.92 Å². The van der Waals surface area contributed by atoms with E-state index >= 15 is 0 Å². The fourth-order valence-electron chi connectivity index (χ4n) is 2.86. The third-order valence-electron chi connectivity index (χ3n) is 4.49. The third kappa shape index (κ3) is 3.25. The molecule has 0 amide bonds. The van der Waals surface area contributed by atoms with Crippen LogP contribution < -0.4 is 0 Å². The molecule has 0 aromatic carbocycles. The van der Waals surface area contributed by atoms with Crippen molar-refractivity contribution < 1.29 is 4.42 Å². The van der Waals surface area contributed by atoms with Crippen molar-refractivity contribution in [2.45, 2.75) is 53.0 Å². The lowest BCUT2D eigenvalue weighted by molar-refractivity contribution is 0.187. The van der Waals surface area contributed by atoms with Gasteiger partial charge in [-0.2, -0.15) is 0 Å². The molecule has 0 atom stereocenters. The van der Waals surface area contributed by atoms with E-state index in [2.05, 4.69) is 46.3 Å². The van der Waals surface area contributed by atoms with Crippen molar-refractivity contribution >= 4 is 0 Å². The standard InChI is InChI=1S/C17H26N4O/c1-13(2)19(4)10-15-9-18-17-12-20(7-8-21(15)17)11-16-6-5-14(3)22-16/h5-6,9,13H,7-8,10-12H2,1-4H3. The summed E-state index contributed by atoms with van der Waals surface area (Å²) in [5, 5.41) is 0. The van der Waals surface area contributed by atoms with Crippen molar-refractivity contribution in [3.05, 3.63) is 41.4 Å². The van der Waals surface area contributed by atoms with Crippen LogP contribution in [0.1, 0.15) is 36.9 Å². The first-order valence-electron chi connectivity index (χ1n) is 8.04. The van der Waals surface area contributed by atoms with Crippen molar-refractivity contribution in [1.29, 1.82) is 0 Å². The van der Waals surface area contributed by atoms with Gasteiger partial charge < -0.3 is 8.98 Å². The summed E-state index contributed by atoms with van der Waals surface area (Å²) in [6.07, 6.45) is 2.04. The molecule has 0 fully saturated rings. The average Bonchev–Trinajstić information content (AvgIpc) is 3.05. The van der Waals surface area contributed by atoms with Crippen LogP contribution in [-0.2, 0) is 26.2 Å². The number of hydrogen-bond acceptors (Lipinski definition) is 4. The van der Waals surface area contributed by atoms with E-state index in [4.69, 9.17) is 4.42 Å². The van der Waals surface area contributed by atoms with Gasteiger partial charge in [0.15, 0.2) is 0 Å². The molecule has 0 saturated heterocycles. The van der Waals surface area contributed by atoms with Crippen LogP contribution in [0.4, 0.5) is 0 Å². The fourth-order valence-corrected chi connectivity index (χ4v) is 2.86. The van der Waals surface area contributed by atoms with Gasteiger partial charge in [-0.1, -0.05) is 0 Å². The topological polar surface area (TPSA) is 37.4 Å². The molecule has 0 N–H and O–H groups in total. The van der Waals surface area contributed by atoms with Gasteiger partial charge in [0.25, 0.3) is 0 Å². The maximum Gasteiger partial charge on any atom is 0.123 e. The Labute approximate surface area is 132 Å². The zero-order valence-corrected chi connectivity index (χ0v) is 14.0. The Morgan fingerprint density at radius 2 is 2.14 bits per heavy atom. The van der Waals surface area contributed by atoms with Gasteiger partial charge in [-0.3, -0.25) is 9.80 Å². The summed E-state index contributed by atoms with van der Waals surface area (Å²) < 4.78 is 8.06. The molecule has 22 heavy (non-hydrogen) atoms. The Morgan fingerprint density at radius 1 is 1.32 bits per heavy atom. The number of rotatable bonds is 5. The minimum atomic E-state index is 0.549. The first-order chi connectivity index (χ1) is 10.5. The van der Waals surface area contributed by atoms with Crippen LogP contribution >= 0.6 is 0 Å². The molecule has 0 bridgehead atoms. The van der Waals surface area contributed by atoms with Gasteiger partial charge in [0, 0.05) is 31.9 Å². The predicted octanol–water partition coefficient (Wildman–Crippen LogP) is 2.64. The van der Waals surface area contributed by atoms with Crippen LogP contribution in [0.25, 0.3) is 0 Å². The smallest absolute Gasteiger partial charge is 0.123 e. The molecule has 2 aromatic rings. The third-order valence-corrected chi connectivity index (χ3v) is 4.49. The first-order valence-corrected chi connectivity index (χ1v) is 8.04. The minimum Gasteiger partial charge on any atom is -0.465 e. The van der Waals surface area contributed by atoms with Crippen molar-refractivity contribution in [2.24, 2.45) is 0 Å². The van der Waals surface area contributed by atoms with Gasteiger partial charge in [-0.05, 0) is 40.0 Å². The molecule has 5 nitrogen and oxygen atoms in total. The normalized spacial score (nSPS) is 15.7. The number of nitrogens with zero attached hydrogens (tertiary/aromatic N) is 4. The van der Waals surface area contributed by atoms with E-state index in [1.165, 1.54) is 11.5 Å². The highest BCUT2D eigenvalue weighted by molar-refractivity contribution is 5.09. The predicted molar refractivity (Wildman–Crippen MR) is 86.4 cm³/mol. The zero-order valence-electron chi connectivity index (χ0n) is 14.0. The van der Waals surface area contributed by atoms with E-state index in [9.17, 15) is 0 Å². The van der Waals surface area contributed by atoms with Crippen LogP contribution in [-0.4, -0.2) is 39.0 Å². The summed E-state index contributed by atoms with van der Waals surface area (Å²) >= 11 is 0. The highest BCUT2D eigenvalue weighted by Gasteiger charge is 2.21. The van der Waals surface area contributed by atoms with Crippen LogP contribution in [0.15, 0.2) is 22.7 Å². The molecule has 1 aliphatic heterocycles. The van der Waals surface area contributed by atoms with Crippen molar-refractivity contribution in [3.63, 3.8) is 0 Å². The minimum absolute atomic E-state index is 0.549. The van der Waals surface area contributed by atoms with Gasteiger partial charge in [-0.15, -0.1) is 0 Å². The van der Waals surface area contributed by atoms with Crippen LogP contribution in [0.2, 0.25) is 0 Å². The average molecular weight is 302 g/mol. The Kier molecular flexibility index (Phi) is 4.36. The maximum absolute atomic E-state index is 5.68. The van der Waals surface area contributed by atoms with Gasteiger partial charge >= 0.3 is 0 Å².